The lowest BCUT2D eigenvalue weighted by molar-refractivity contribution is 1.43. The molecule has 2 rings (SSSR count). The first kappa shape index (κ1) is 6.42. The molecule has 0 saturated heterocycles. The van der Waals surface area contributed by atoms with E-state index in [1.807, 2.05) is 11.4 Å². The quantitative estimate of drug-likeness (QED) is 0.621. The van der Waals surface area contributed by atoms with Gasteiger partial charge in [0, 0.05) is 6.07 Å². The summed E-state index contributed by atoms with van der Waals surface area (Å²) in [6.07, 6.45) is 0. The van der Waals surface area contributed by atoms with Gasteiger partial charge >= 0.3 is 0 Å². The first-order chi connectivity index (χ1) is 5.27. The van der Waals surface area contributed by atoms with E-state index in [-0.39, 0.29) is 0 Å². The van der Waals surface area contributed by atoms with Crippen LogP contribution in [0.2, 0.25) is 0 Å². The molecule has 3 nitrogen and oxygen atoms in total. The molecular weight excluding hydrogens is 158 g/mol. The van der Waals surface area contributed by atoms with E-state index in [0.29, 0.717) is 11.5 Å². The molecule has 11 heavy (non-hydrogen) atoms. The highest BCUT2D eigenvalue weighted by molar-refractivity contribution is 7.17. The summed E-state index contributed by atoms with van der Waals surface area (Å²) in [7, 11) is 0. The number of nitrogen functional groups attached to an aromatic ring is 2. The zero-order valence-corrected chi connectivity index (χ0v) is 6.56. The molecule has 0 unspecified atom stereocenters. The van der Waals surface area contributed by atoms with Gasteiger partial charge in [-0.05, 0) is 11.4 Å². The molecule has 0 spiro atoms. The van der Waals surface area contributed by atoms with E-state index in [9.17, 15) is 0 Å². The fourth-order valence-corrected chi connectivity index (χ4v) is 1.77. The van der Waals surface area contributed by atoms with Gasteiger partial charge in [0.1, 0.15) is 5.82 Å². The van der Waals surface area contributed by atoms with Crippen LogP contribution in [0.4, 0.5) is 11.5 Å². The summed E-state index contributed by atoms with van der Waals surface area (Å²) < 4.78 is 1.01. The fourth-order valence-electron chi connectivity index (χ4n) is 1.00. The maximum Gasteiger partial charge on any atom is 0.126 e. The first-order valence-corrected chi connectivity index (χ1v) is 4.04. The van der Waals surface area contributed by atoms with Gasteiger partial charge in [-0.25, -0.2) is 4.98 Å². The second-order valence-corrected chi connectivity index (χ2v) is 3.19. The van der Waals surface area contributed by atoms with Crippen LogP contribution in [0.15, 0.2) is 17.5 Å². The van der Waals surface area contributed by atoms with E-state index in [1.165, 1.54) is 0 Å². The number of nitrogens with zero attached hydrogens (tertiary/aromatic N) is 1. The molecule has 0 aliphatic rings. The lowest BCUT2D eigenvalue weighted by Gasteiger charge is -1.96. The van der Waals surface area contributed by atoms with Crippen LogP contribution in [0.25, 0.3) is 10.2 Å². The summed E-state index contributed by atoms with van der Waals surface area (Å²) in [6.45, 7) is 0. The Morgan fingerprint density at radius 1 is 1.36 bits per heavy atom. The Bertz CT molecular complexity index is 393. The molecule has 2 aromatic heterocycles. The minimum Gasteiger partial charge on any atom is -0.397 e. The van der Waals surface area contributed by atoms with Gasteiger partial charge in [0.15, 0.2) is 0 Å². The molecule has 0 atom stereocenters. The van der Waals surface area contributed by atoms with Crippen LogP contribution in [0.3, 0.4) is 0 Å². The molecule has 0 aliphatic carbocycles. The highest BCUT2D eigenvalue weighted by Gasteiger charge is 2.00. The Kier molecular flexibility index (Phi) is 1.22. The molecule has 0 aliphatic heterocycles. The number of hydrogen-bond donors (Lipinski definition) is 2. The smallest absolute Gasteiger partial charge is 0.126 e. The van der Waals surface area contributed by atoms with Crippen LogP contribution in [-0.2, 0) is 0 Å². The fraction of sp³-hybridized carbons (Fsp3) is 0. The normalized spacial score (nSPS) is 10.5. The van der Waals surface area contributed by atoms with E-state index < -0.39 is 0 Å². The molecule has 2 heterocycles. The summed E-state index contributed by atoms with van der Waals surface area (Å²) in [4.78, 5) is 4.10. The Morgan fingerprint density at radius 3 is 3.00 bits per heavy atom. The van der Waals surface area contributed by atoms with Crippen molar-refractivity contribution in [2.75, 3.05) is 11.5 Å². The van der Waals surface area contributed by atoms with E-state index >= 15 is 0 Å². The van der Waals surface area contributed by atoms with Crippen LogP contribution in [0.5, 0.6) is 0 Å². The lowest BCUT2D eigenvalue weighted by atomic mass is 10.3. The van der Waals surface area contributed by atoms with Crippen LogP contribution in [-0.4, -0.2) is 4.98 Å². The molecule has 0 aromatic carbocycles. The standard InChI is InChI=1S/C7H7N3S/c8-4-3-6(9)10-5-1-2-11-7(4)5/h1-3H,(H4,8,9,10). The van der Waals surface area contributed by atoms with Gasteiger partial charge in [0.25, 0.3) is 0 Å². The zero-order valence-electron chi connectivity index (χ0n) is 5.74. The monoisotopic (exact) mass is 165 g/mol. The first-order valence-electron chi connectivity index (χ1n) is 3.16. The van der Waals surface area contributed by atoms with Gasteiger partial charge in [-0.1, -0.05) is 0 Å². The van der Waals surface area contributed by atoms with E-state index in [1.54, 1.807) is 17.4 Å². The molecule has 0 saturated carbocycles. The number of thiophene rings is 1. The van der Waals surface area contributed by atoms with Gasteiger partial charge in [-0.2, -0.15) is 0 Å². The second kappa shape index (κ2) is 2.10. The number of anilines is 2. The van der Waals surface area contributed by atoms with E-state index in [4.69, 9.17) is 11.5 Å². The predicted octanol–water partition coefficient (Wildman–Crippen LogP) is 1.46. The van der Waals surface area contributed by atoms with Crippen molar-refractivity contribution in [1.82, 2.24) is 4.98 Å². The van der Waals surface area contributed by atoms with Crippen LogP contribution >= 0.6 is 11.3 Å². The molecule has 4 N–H and O–H groups in total. The minimum absolute atomic E-state index is 0.480. The average molecular weight is 165 g/mol. The van der Waals surface area contributed by atoms with Gasteiger partial charge in [-0.15, -0.1) is 11.3 Å². The largest absolute Gasteiger partial charge is 0.397 e. The molecule has 0 radical (unpaired) electrons. The third-order valence-electron chi connectivity index (χ3n) is 1.46. The number of pyridine rings is 1. The average Bonchev–Trinajstić information content (AvgIpc) is 2.34. The van der Waals surface area contributed by atoms with Crippen molar-refractivity contribution in [3.63, 3.8) is 0 Å². The Balaban J connectivity index is 2.91. The lowest BCUT2D eigenvalue weighted by Crippen LogP contribution is -1.92. The summed E-state index contributed by atoms with van der Waals surface area (Å²) in [5.41, 5.74) is 12.8. The van der Waals surface area contributed by atoms with E-state index in [2.05, 4.69) is 4.98 Å². The maximum absolute atomic E-state index is 5.69. The Labute approximate surface area is 67.7 Å². The summed E-state index contributed by atoms with van der Waals surface area (Å²) in [6, 6.07) is 3.59. The van der Waals surface area contributed by atoms with Gasteiger partial charge in [0.05, 0.1) is 15.9 Å². The van der Waals surface area contributed by atoms with Crippen molar-refractivity contribution in [2.45, 2.75) is 0 Å². The number of hydrogen-bond acceptors (Lipinski definition) is 4. The summed E-state index contributed by atoms with van der Waals surface area (Å²) >= 11 is 1.58. The summed E-state index contributed by atoms with van der Waals surface area (Å²) in [5, 5.41) is 1.95. The summed E-state index contributed by atoms with van der Waals surface area (Å²) in [5.74, 6) is 0.480. The maximum atomic E-state index is 5.69. The second-order valence-electron chi connectivity index (χ2n) is 2.27. The van der Waals surface area contributed by atoms with Crippen molar-refractivity contribution in [1.29, 1.82) is 0 Å². The Morgan fingerprint density at radius 2 is 2.18 bits per heavy atom. The van der Waals surface area contributed by atoms with Crippen molar-refractivity contribution in [3.8, 4) is 0 Å². The van der Waals surface area contributed by atoms with Crippen molar-refractivity contribution >= 4 is 33.1 Å². The third kappa shape index (κ3) is 0.914. The molecule has 0 fully saturated rings. The van der Waals surface area contributed by atoms with Crippen LogP contribution in [0.1, 0.15) is 0 Å². The number of fused-ring (bicyclic) bond motifs is 1. The highest BCUT2D eigenvalue weighted by atomic mass is 32.1. The zero-order chi connectivity index (χ0) is 7.84. The third-order valence-corrected chi connectivity index (χ3v) is 2.41. The molecule has 0 amide bonds. The van der Waals surface area contributed by atoms with Crippen molar-refractivity contribution in [3.05, 3.63) is 17.5 Å². The molecule has 2 aromatic rings. The number of nitrogens with two attached hydrogens (primary N) is 2. The van der Waals surface area contributed by atoms with Gasteiger partial charge in [-0.3, -0.25) is 0 Å². The Hall–Kier alpha value is -1.29. The van der Waals surface area contributed by atoms with Gasteiger partial charge in [0.2, 0.25) is 0 Å². The SMILES string of the molecule is Nc1cc(N)c2sccc2n1. The predicted molar refractivity (Wildman–Crippen MR) is 48.4 cm³/mol. The van der Waals surface area contributed by atoms with E-state index in [0.717, 1.165) is 10.2 Å². The van der Waals surface area contributed by atoms with Gasteiger partial charge < -0.3 is 11.5 Å². The molecular formula is C7H7N3S. The van der Waals surface area contributed by atoms with Crippen LogP contribution in [0, 0.1) is 0 Å². The molecule has 4 heteroatoms. The van der Waals surface area contributed by atoms with Crippen molar-refractivity contribution in [2.24, 2.45) is 0 Å². The molecule has 56 valence electrons. The minimum atomic E-state index is 0.480. The highest BCUT2D eigenvalue weighted by Crippen LogP contribution is 2.26. The molecule has 0 bridgehead atoms. The topological polar surface area (TPSA) is 64.9 Å². The van der Waals surface area contributed by atoms with Crippen LogP contribution < -0.4 is 11.5 Å². The number of aromatic nitrogens is 1. The van der Waals surface area contributed by atoms with Crippen molar-refractivity contribution < 1.29 is 0 Å². The number of rotatable bonds is 0.